The van der Waals surface area contributed by atoms with E-state index < -0.39 is 0 Å². The summed E-state index contributed by atoms with van der Waals surface area (Å²) in [4.78, 5) is 0. The van der Waals surface area contributed by atoms with Gasteiger partial charge >= 0.3 is 0 Å². The molecule has 1 fully saturated rings. The Labute approximate surface area is 82.1 Å². The van der Waals surface area contributed by atoms with E-state index >= 15 is 0 Å². The minimum Gasteiger partial charge on any atom is -0.198 e. The molecule has 0 saturated heterocycles. The van der Waals surface area contributed by atoms with E-state index in [1.54, 1.807) is 0 Å². The molecule has 0 aromatic carbocycles. The lowest BCUT2D eigenvalue weighted by Gasteiger charge is -2.48. The van der Waals surface area contributed by atoms with Crippen molar-refractivity contribution in [2.75, 3.05) is 0 Å². The third-order valence-electron chi connectivity index (χ3n) is 4.03. The Morgan fingerprint density at radius 2 is 1.69 bits per heavy atom. The van der Waals surface area contributed by atoms with Crippen LogP contribution in [-0.2, 0) is 0 Å². The molecule has 0 radical (unpaired) electrons. The molecule has 1 saturated carbocycles. The van der Waals surface area contributed by atoms with E-state index in [9.17, 15) is 5.26 Å². The van der Waals surface area contributed by atoms with Crippen LogP contribution in [0.1, 0.15) is 47.5 Å². The van der Waals surface area contributed by atoms with Crippen molar-refractivity contribution >= 4 is 0 Å². The quantitative estimate of drug-likeness (QED) is 0.557. The summed E-state index contributed by atoms with van der Waals surface area (Å²) < 4.78 is 0. The van der Waals surface area contributed by atoms with E-state index in [1.807, 2.05) is 0 Å². The van der Waals surface area contributed by atoms with Crippen molar-refractivity contribution in [3.05, 3.63) is 0 Å². The minimum atomic E-state index is -0.110. The first-order valence-corrected chi connectivity index (χ1v) is 5.23. The maximum absolute atomic E-state index is 9.22. The van der Waals surface area contributed by atoms with Gasteiger partial charge in [0.2, 0.25) is 0 Å². The second kappa shape index (κ2) is 3.01. The molecule has 0 bridgehead atoms. The lowest BCUT2D eigenvalue weighted by atomic mass is 9.55. The second-order valence-electron chi connectivity index (χ2n) is 5.75. The highest BCUT2D eigenvalue weighted by Gasteiger charge is 2.46. The monoisotopic (exact) mass is 179 g/mol. The van der Waals surface area contributed by atoms with Crippen LogP contribution in [0.4, 0.5) is 0 Å². The van der Waals surface area contributed by atoms with Crippen molar-refractivity contribution < 1.29 is 0 Å². The summed E-state index contributed by atoms with van der Waals surface area (Å²) in [7, 11) is 0. The van der Waals surface area contributed by atoms with Gasteiger partial charge in [-0.15, -0.1) is 0 Å². The first kappa shape index (κ1) is 10.6. The molecule has 0 spiro atoms. The fourth-order valence-corrected chi connectivity index (χ4v) is 3.05. The highest BCUT2D eigenvalue weighted by molar-refractivity contribution is 5.06. The van der Waals surface area contributed by atoms with Crippen molar-refractivity contribution in [1.82, 2.24) is 0 Å². The van der Waals surface area contributed by atoms with Crippen LogP contribution in [0.25, 0.3) is 0 Å². The first-order valence-electron chi connectivity index (χ1n) is 5.23. The fraction of sp³-hybridized carbons (Fsp3) is 0.917. The zero-order chi connectivity index (χ0) is 10.3. The molecule has 1 aliphatic carbocycles. The maximum Gasteiger partial charge on any atom is 0.0689 e. The molecule has 0 aromatic heterocycles. The van der Waals surface area contributed by atoms with Gasteiger partial charge in [-0.3, -0.25) is 0 Å². The zero-order valence-corrected chi connectivity index (χ0v) is 9.52. The molecule has 0 amide bonds. The zero-order valence-electron chi connectivity index (χ0n) is 9.52. The molecule has 74 valence electrons. The Kier molecular flexibility index (Phi) is 2.45. The summed E-state index contributed by atoms with van der Waals surface area (Å²) in [5.74, 6) is 1.19. The summed E-state index contributed by atoms with van der Waals surface area (Å²) in [6.45, 7) is 11.2. The molecule has 0 aromatic rings. The summed E-state index contributed by atoms with van der Waals surface area (Å²) >= 11 is 0. The summed E-state index contributed by atoms with van der Waals surface area (Å²) in [6, 6.07) is 2.52. The third kappa shape index (κ3) is 1.73. The molecular weight excluding hydrogens is 158 g/mol. The van der Waals surface area contributed by atoms with Gasteiger partial charge in [-0.25, -0.2) is 0 Å². The summed E-state index contributed by atoms with van der Waals surface area (Å²) in [5.41, 5.74) is 0.212. The lowest BCUT2D eigenvalue weighted by Crippen LogP contribution is -2.42. The number of nitriles is 1. The van der Waals surface area contributed by atoms with Gasteiger partial charge in [-0.05, 0) is 37.0 Å². The van der Waals surface area contributed by atoms with E-state index in [0.29, 0.717) is 17.3 Å². The molecule has 1 rings (SSSR count). The van der Waals surface area contributed by atoms with Crippen LogP contribution in [-0.4, -0.2) is 0 Å². The van der Waals surface area contributed by atoms with Gasteiger partial charge < -0.3 is 0 Å². The molecule has 3 unspecified atom stereocenters. The van der Waals surface area contributed by atoms with Crippen LogP contribution in [0.2, 0.25) is 0 Å². The van der Waals surface area contributed by atoms with E-state index in [2.05, 4.69) is 40.7 Å². The SMILES string of the molecule is CC1CC(C)(C)C(C)C(C)(C#N)C1. The van der Waals surface area contributed by atoms with Crippen molar-refractivity contribution in [2.24, 2.45) is 22.7 Å². The predicted octanol–water partition coefficient (Wildman–Crippen LogP) is 3.61. The first-order chi connectivity index (χ1) is 5.82. The van der Waals surface area contributed by atoms with Crippen molar-refractivity contribution in [1.29, 1.82) is 5.26 Å². The predicted molar refractivity (Wildman–Crippen MR) is 55.1 cm³/mol. The Bertz CT molecular complexity index is 236. The second-order valence-corrected chi connectivity index (χ2v) is 5.75. The van der Waals surface area contributed by atoms with Gasteiger partial charge in [0.1, 0.15) is 0 Å². The van der Waals surface area contributed by atoms with Crippen LogP contribution in [0.5, 0.6) is 0 Å². The Hall–Kier alpha value is -0.510. The van der Waals surface area contributed by atoms with E-state index in [1.165, 1.54) is 6.42 Å². The molecule has 13 heavy (non-hydrogen) atoms. The molecule has 0 N–H and O–H groups in total. The van der Waals surface area contributed by atoms with Crippen LogP contribution in [0, 0.1) is 34.0 Å². The third-order valence-corrected chi connectivity index (χ3v) is 4.03. The van der Waals surface area contributed by atoms with Crippen molar-refractivity contribution in [3.63, 3.8) is 0 Å². The van der Waals surface area contributed by atoms with E-state index in [0.717, 1.165) is 6.42 Å². The van der Waals surface area contributed by atoms with Crippen LogP contribution < -0.4 is 0 Å². The molecule has 3 atom stereocenters. The van der Waals surface area contributed by atoms with E-state index in [4.69, 9.17) is 0 Å². The average molecular weight is 179 g/mol. The smallest absolute Gasteiger partial charge is 0.0689 e. The number of hydrogen-bond acceptors (Lipinski definition) is 1. The molecular formula is C12H21N. The van der Waals surface area contributed by atoms with Crippen molar-refractivity contribution in [3.8, 4) is 6.07 Å². The van der Waals surface area contributed by atoms with Crippen LogP contribution >= 0.6 is 0 Å². The Morgan fingerprint density at radius 1 is 1.15 bits per heavy atom. The number of rotatable bonds is 0. The van der Waals surface area contributed by atoms with Gasteiger partial charge in [0.25, 0.3) is 0 Å². The van der Waals surface area contributed by atoms with Gasteiger partial charge in [-0.1, -0.05) is 27.7 Å². The topological polar surface area (TPSA) is 23.8 Å². The highest BCUT2D eigenvalue weighted by Crippen LogP contribution is 2.52. The lowest BCUT2D eigenvalue weighted by molar-refractivity contribution is 0.0226. The van der Waals surface area contributed by atoms with Gasteiger partial charge in [0, 0.05) is 0 Å². The standard InChI is InChI=1S/C12H21N/c1-9-6-11(3,4)10(2)12(5,7-9)8-13/h9-10H,6-7H2,1-5H3. The maximum atomic E-state index is 9.22. The van der Waals surface area contributed by atoms with E-state index in [-0.39, 0.29) is 5.41 Å². The minimum absolute atomic E-state index is 0.110. The Morgan fingerprint density at radius 3 is 2.15 bits per heavy atom. The Balaban J connectivity index is 2.96. The van der Waals surface area contributed by atoms with Crippen LogP contribution in [0.3, 0.4) is 0 Å². The normalized spacial score (nSPS) is 44.0. The molecule has 0 heterocycles. The van der Waals surface area contributed by atoms with Gasteiger partial charge in [-0.2, -0.15) is 5.26 Å². The largest absolute Gasteiger partial charge is 0.198 e. The molecule has 1 aliphatic rings. The fourth-order valence-electron chi connectivity index (χ4n) is 3.05. The average Bonchev–Trinajstić information content (AvgIpc) is 1.99. The molecule has 1 heteroatoms. The number of nitrogens with zero attached hydrogens (tertiary/aromatic N) is 1. The van der Waals surface area contributed by atoms with Gasteiger partial charge in [0.05, 0.1) is 11.5 Å². The summed E-state index contributed by atoms with van der Waals surface area (Å²) in [5, 5.41) is 9.22. The molecule has 0 aliphatic heterocycles. The molecule has 1 nitrogen and oxygen atoms in total. The summed E-state index contributed by atoms with van der Waals surface area (Å²) in [6.07, 6.45) is 2.32. The van der Waals surface area contributed by atoms with Crippen molar-refractivity contribution in [2.45, 2.75) is 47.5 Å². The number of hydrogen-bond donors (Lipinski definition) is 0. The highest BCUT2D eigenvalue weighted by atomic mass is 14.5. The van der Waals surface area contributed by atoms with Crippen LogP contribution in [0.15, 0.2) is 0 Å². The van der Waals surface area contributed by atoms with Gasteiger partial charge in [0.15, 0.2) is 0 Å².